The number of unbranched alkanes of at least 4 members (excludes halogenated alkanes) is 1. The number of carbonyl (C=O) groups is 1. The molecule has 1 amide bonds. The van der Waals surface area contributed by atoms with Gasteiger partial charge in [0.1, 0.15) is 10.7 Å². The van der Waals surface area contributed by atoms with E-state index in [-0.39, 0.29) is 18.3 Å². The van der Waals surface area contributed by atoms with Crippen molar-refractivity contribution >= 4 is 29.7 Å². The van der Waals surface area contributed by atoms with Crippen molar-refractivity contribution in [1.82, 2.24) is 10.3 Å². The quantitative estimate of drug-likeness (QED) is 0.733. The van der Waals surface area contributed by atoms with Gasteiger partial charge in [0.05, 0.1) is 0 Å². The minimum atomic E-state index is -0.0754. The van der Waals surface area contributed by atoms with Crippen molar-refractivity contribution < 1.29 is 4.79 Å². The Hall–Kier alpha value is -0.650. The van der Waals surface area contributed by atoms with Gasteiger partial charge in [-0.05, 0) is 18.8 Å². The molecule has 4 nitrogen and oxygen atoms in total. The highest BCUT2D eigenvalue weighted by Gasteiger charge is 2.13. The second-order valence-corrected chi connectivity index (χ2v) is 5.78. The molecule has 0 aromatic carbocycles. The molecule has 1 aromatic rings. The van der Waals surface area contributed by atoms with Gasteiger partial charge in [-0.1, -0.05) is 33.1 Å². The number of halogens is 1. The van der Waals surface area contributed by atoms with E-state index in [0.29, 0.717) is 18.2 Å². The van der Waals surface area contributed by atoms with Crippen LogP contribution in [-0.2, 0) is 6.54 Å². The summed E-state index contributed by atoms with van der Waals surface area (Å²) in [6, 6.07) is 0. The van der Waals surface area contributed by atoms with Gasteiger partial charge in [0.2, 0.25) is 0 Å². The van der Waals surface area contributed by atoms with Crippen molar-refractivity contribution in [3.05, 3.63) is 16.1 Å². The molecule has 0 radical (unpaired) electrons. The molecule has 0 saturated carbocycles. The molecule has 0 spiro atoms. The van der Waals surface area contributed by atoms with E-state index in [0.717, 1.165) is 18.0 Å². The Kier molecular flexibility index (Phi) is 10.7. The van der Waals surface area contributed by atoms with Crippen LogP contribution in [0.2, 0.25) is 0 Å². The van der Waals surface area contributed by atoms with Crippen LogP contribution >= 0.6 is 23.7 Å². The van der Waals surface area contributed by atoms with Crippen molar-refractivity contribution in [2.45, 2.75) is 52.5 Å². The summed E-state index contributed by atoms with van der Waals surface area (Å²) in [4.78, 5) is 16.1. The van der Waals surface area contributed by atoms with E-state index in [9.17, 15) is 4.79 Å². The average Bonchev–Trinajstić information content (AvgIpc) is 2.90. The summed E-state index contributed by atoms with van der Waals surface area (Å²) in [5.41, 5.74) is 5.99. The highest BCUT2D eigenvalue weighted by Crippen LogP contribution is 2.14. The third-order valence-corrected chi connectivity index (χ3v) is 4.04. The number of nitrogens with zero attached hydrogens (tertiary/aromatic N) is 1. The van der Waals surface area contributed by atoms with E-state index in [1.54, 1.807) is 5.38 Å². The van der Waals surface area contributed by atoms with Crippen LogP contribution in [0, 0.1) is 5.92 Å². The molecule has 1 rings (SSSR count). The second kappa shape index (κ2) is 11.1. The minimum absolute atomic E-state index is 0. The number of carbonyl (C=O) groups excluding carboxylic acids is 1. The van der Waals surface area contributed by atoms with Crippen LogP contribution in [0.15, 0.2) is 5.38 Å². The molecule has 0 aliphatic carbocycles. The van der Waals surface area contributed by atoms with Crippen LogP contribution in [0.5, 0.6) is 0 Å². The zero-order valence-corrected chi connectivity index (χ0v) is 14.0. The van der Waals surface area contributed by atoms with Gasteiger partial charge in [-0.25, -0.2) is 4.98 Å². The van der Waals surface area contributed by atoms with Crippen molar-refractivity contribution in [2.24, 2.45) is 11.7 Å². The van der Waals surface area contributed by atoms with Crippen molar-refractivity contribution in [3.63, 3.8) is 0 Å². The normalized spacial score (nSPS) is 11.8. The smallest absolute Gasteiger partial charge is 0.270 e. The molecule has 1 unspecified atom stereocenters. The monoisotopic (exact) mass is 319 g/mol. The molecule has 116 valence electrons. The molecule has 0 aliphatic heterocycles. The van der Waals surface area contributed by atoms with Gasteiger partial charge in [-0.15, -0.1) is 23.7 Å². The van der Waals surface area contributed by atoms with Crippen molar-refractivity contribution in [3.8, 4) is 0 Å². The Morgan fingerprint density at radius 3 is 2.70 bits per heavy atom. The number of aromatic nitrogens is 1. The van der Waals surface area contributed by atoms with Gasteiger partial charge >= 0.3 is 0 Å². The largest absolute Gasteiger partial charge is 0.350 e. The van der Waals surface area contributed by atoms with Gasteiger partial charge in [-0.3, -0.25) is 4.79 Å². The lowest BCUT2D eigenvalue weighted by Crippen LogP contribution is -2.29. The molecule has 1 aromatic heterocycles. The number of nitrogens with one attached hydrogen (secondary N) is 1. The maximum atomic E-state index is 11.9. The van der Waals surface area contributed by atoms with Crippen molar-refractivity contribution in [2.75, 3.05) is 6.54 Å². The van der Waals surface area contributed by atoms with Crippen LogP contribution in [0.25, 0.3) is 0 Å². The molecule has 0 bridgehead atoms. The van der Waals surface area contributed by atoms with Gasteiger partial charge in [0.25, 0.3) is 5.91 Å². The lowest BCUT2D eigenvalue weighted by Gasteiger charge is -2.16. The summed E-state index contributed by atoms with van der Waals surface area (Å²) in [7, 11) is 0. The van der Waals surface area contributed by atoms with Gasteiger partial charge in [0, 0.05) is 18.5 Å². The fourth-order valence-corrected chi connectivity index (χ4v) is 2.74. The first-order valence-corrected chi connectivity index (χ1v) is 8.01. The topological polar surface area (TPSA) is 68.0 Å². The van der Waals surface area contributed by atoms with Gasteiger partial charge in [0.15, 0.2) is 0 Å². The molecule has 6 heteroatoms. The Labute approximate surface area is 132 Å². The molecule has 0 saturated heterocycles. The fraction of sp³-hybridized carbons (Fsp3) is 0.714. The van der Waals surface area contributed by atoms with E-state index >= 15 is 0 Å². The number of amides is 1. The first kappa shape index (κ1) is 19.4. The predicted molar refractivity (Wildman–Crippen MR) is 87.5 cm³/mol. The van der Waals surface area contributed by atoms with Crippen LogP contribution in [0.1, 0.15) is 61.4 Å². The molecule has 1 heterocycles. The number of hydrogen-bond donors (Lipinski definition) is 2. The molecule has 20 heavy (non-hydrogen) atoms. The van der Waals surface area contributed by atoms with Crippen molar-refractivity contribution in [1.29, 1.82) is 0 Å². The summed E-state index contributed by atoms with van der Waals surface area (Å²) in [6.07, 6.45) is 5.97. The Bertz CT molecular complexity index is 384. The van der Waals surface area contributed by atoms with Crippen LogP contribution in [0.3, 0.4) is 0 Å². The lowest BCUT2D eigenvalue weighted by atomic mass is 9.97. The minimum Gasteiger partial charge on any atom is -0.350 e. The summed E-state index contributed by atoms with van der Waals surface area (Å²) >= 11 is 1.44. The Balaban J connectivity index is 0.00000361. The summed E-state index contributed by atoms with van der Waals surface area (Å²) in [6.45, 7) is 5.54. The van der Waals surface area contributed by atoms with E-state index in [2.05, 4.69) is 24.1 Å². The molecular weight excluding hydrogens is 294 g/mol. The summed E-state index contributed by atoms with van der Waals surface area (Å²) < 4.78 is 0. The fourth-order valence-electron chi connectivity index (χ4n) is 2.09. The number of hydrogen-bond acceptors (Lipinski definition) is 4. The zero-order valence-electron chi connectivity index (χ0n) is 12.4. The van der Waals surface area contributed by atoms with E-state index < -0.39 is 0 Å². The molecular formula is C14H26ClN3OS. The third kappa shape index (κ3) is 6.68. The highest BCUT2D eigenvalue weighted by atomic mass is 35.5. The maximum Gasteiger partial charge on any atom is 0.270 e. The number of rotatable bonds is 9. The van der Waals surface area contributed by atoms with Crippen LogP contribution in [0.4, 0.5) is 0 Å². The number of thiazole rings is 1. The summed E-state index contributed by atoms with van der Waals surface area (Å²) in [5.74, 6) is 0.509. The van der Waals surface area contributed by atoms with Crippen LogP contribution < -0.4 is 11.1 Å². The highest BCUT2D eigenvalue weighted by molar-refractivity contribution is 7.09. The SMILES string of the molecule is CCCCC(CCC)CNC(=O)c1csc(CN)n1.Cl. The number of nitrogens with two attached hydrogens (primary N) is 1. The molecule has 0 aliphatic rings. The maximum absolute atomic E-state index is 11.9. The predicted octanol–water partition coefficient (Wildman–Crippen LogP) is 3.36. The van der Waals surface area contributed by atoms with Gasteiger partial charge < -0.3 is 11.1 Å². The summed E-state index contributed by atoms with van der Waals surface area (Å²) in [5, 5.41) is 5.58. The van der Waals surface area contributed by atoms with E-state index in [1.807, 2.05) is 0 Å². The first-order valence-electron chi connectivity index (χ1n) is 7.13. The zero-order chi connectivity index (χ0) is 14.1. The van der Waals surface area contributed by atoms with Gasteiger partial charge in [-0.2, -0.15) is 0 Å². The standard InChI is InChI=1S/C14H25N3OS.ClH/c1-3-5-7-11(6-4-2)9-16-14(18)12-10-19-13(8-15)17-12;/h10-11H,3-9,15H2,1-2H3,(H,16,18);1H. The molecule has 0 fully saturated rings. The molecule has 1 atom stereocenters. The second-order valence-electron chi connectivity index (χ2n) is 4.84. The van der Waals surface area contributed by atoms with E-state index in [4.69, 9.17) is 5.73 Å². The average molecular weight is 320 g/mol. The van der Waals surface area contributed by atoms with E-state index in [1.165, 1.54) is 37.0 Å². The molecule has 3 N–H and O–H groups in total. The van der Waals surface area contributed by atoms with Crippen LogP contribution in [-0.4, -0.2) is 17.4 Å². The third-order valence-electron chi connectivity index (χ3n) is 3.17. The Morgan fingerprint density at radius 1 is 1.40 bits per heavy atom. The first-order chi connectivity index (χ1) is 9.21. The lowest BCUT2D eigenvalue weighted by molar-refractivity contribution is 0.0941. The Morgan fingerprint density at radius 2 is 2.15 bits per heavy atom.